The Morgan fingerprint density at radius 2 is 2.12 bits per heavy atom. The number of thiophene rings is 1. The van der Waals surface area contributed by atoms with Crippen molar-refractivity contribution >= 4 is 39.8 Å². The van der Waals surface area contributed by atoms with Crippen LogP contribution in [0.5, 0.6) is 0 Å². The summed E-state index contributed by atoms with van der Waals surface area (Å²) in [6, 6.07) is 1.94. The van der Waals surface area contributed by atoms with Gasteiger partial charge in [0.25, 0.3) is 5.91 Å². The fourth-order valence-corrected chi connectivity index (χ4v) is 3.27. The molecule has 0 spiro atoms. The molecule has 2 rings (SSSR count). The molecule has 2 unspecified atom stereocenters. The van der Waals surface area contributed by atoms with Crippen molar-refractivity contribution in [3.05, 3.63) is 19.9 Å². The Morgan fingerprint density at radius 3 is 2.62 bits per heavy atom. The van der Waals surface area contributed by atoms with Crippen molar-refractivity contribution in [2.75, 3.05) is 13.1 Å². The van der Waals surface area contributed by atoms with Crippen LogP contribution in [0, 0.1) is 2.88 Å². The molecule has 1 amide bonds. The van der Waals surface area contributed by atoms with E-state index in [0.29, 0.717) is 13.1 Å². The number of carbonyl (C=O) groups is 1. The highest BCUT2D eigenvalue weighted by Gasteiger charge is 2.26. The Labute approximate surface area is 113 Å². The van der Waals surface area contributed by atoms with Gasteiger partial charge in [0, 0.05) is 18.5 Å². The third kappa shape index (κ3) is 2.75. The SMILES string of the molecule is CC1CN(C(=O)c2csc(I)c2)CC(C)O1. The first-order valence-electron chi connectivity index (χ1n) is 5.25. The van der Waals surface area contributed by atoms with Crippen molar-refractivity contribution in [3.8, 4) is 0 Å². The van der Waals surface area contributed by atoms with Crippen molar-refractivity contribution < 1.29 is 9.53 Å². The van der Waals surface area contributed by atoms with Crippen LogP contribution in [0.4, 0.5) is 0 Å². The van der Waals surface area contributed by atoms with E-state index in [1.807, 2.05) is 30.2 Å². The third-order valence-electron chi connectivity index (χ3n) is 2.52. The molecule has 3 nitrogen and oxygen atoms in total. The van der Waals surface area contributed by atoms with Crippen LogP contribution < -0.4 is 0 Å². The summed E-state index contributed by atoms with van der Waals surface area (Å²) >= 11 is 3.84. The number of ether oxygens (including phenoxy) is 1. The highest BCUT2D eigenvalue weighted by Crippen LogP contribution is 2.20. The van der Waals surface area contributed by atoms with Gasteiger partial charge in [0.1, 0.15) is 0 Å². The number of hydrogen-bond acceptors (Lipinski definition) is 3. The maximum absolute atomic E-state index is 12.2. The lowest BCUT2D eigenvalue weighted by atomic mass is 10.2. The first-order valence-corrected chi connectivity index (χ1v) is 7.21. The monoisotopic (exact) mass is 351 g/mol. The summed E-state index contributed by atoms with van der Waals surface area (Å²) in [7, 11) is 0. The molecule has 0 N–H and O–H groups in total. The second-order valence-electron chi connectivity index (χ2n) is 4.11. The van der Waals surface area contributed by atoms with Crippen LogP contribution in [0.2, 0.25) is 0 Å². The summed E-state index contributed by atoms with van der Waals surface area (Å²) in [6.45, 7) is 5.39. The van der Waals surface area contributed by atoms with E-state index in [2.05, 4.69) is 22.6 Å². The third-order valence-corrected chi connectivity index (χ3v) is 4.31. The Kier molecular flexibility index (Phi) is 3.86. The molecule has 1 saturated heterocycles. The molecule has 0 aromatic carbocycles. The molecule has 1 aliphatic heterocycles. The van der Waals surface area contributed by atoms with Gasteiger partial charge in [0.2, 0.25) is 0 Å². The second kappa shape index (κ2) is 5.01. The average molecular weight is 351 g/mol. The molecule has 88 valence electrons. The molecule has 0 saturated carbocycles. The zero-order valence-electron chi connectivity index (χ0n) is 9.27. The molecule has 16 heavy (non-hydrogen) atoms. The number of hydrogen-bond donors (Lipinski definition) is 0. The zero-order chi connectivity index (χ0) is 11.7. The first-order chi connectivity index (χ1) is 7.56. The fourth-order valence-electron chi connectivity index (χ4n) is 1.95. The summed E-state index contributed by atoms with van der Waals surface area (Å²) < 4.78 is 6.76. The minimum Gasteiger partial charge on any atom is -0.372 e. The van der Waals surface area contributed by atoms with Gasteiger partial charge in [-0.2, -0.15) is 0 Å². The van der Waals surface area contributed by atoms with Gasteiger partial charge in [-0.05, 0) is 42.5 Å². The molecule has 1 aliphatic rings. The van der Waals surface area contributed by atoms with Gasteiger partial charge in [-0.1, -0.05) is 0 Å². The summed E-state index contributed by atoms with van der Waals surface area (Å²) in [4.78, 5) is 14.1. The lowest BCUT2D eigenvalue weighted by Gasteiger charge is -2.35. The van der Waals surface area contributed by atoms with Crippen molar-refractivity contribution in [2.24, 2.45) is 0 Å². The molecule has 2 heterocycles. The maximum Gasteiger partial charge on any atom is 0.254 e. The number of carbonyl (C=O) groups excluding carboxylic acids is 1. The van der Waals surface area contributed by atoms with Crippen LogP contribution in [-0.2, 0) is 4.74 Å². The molecule has 1 aromatic heterocycles. The Hall–Kier alpha value is -0.140. The molecule has 1 aromatic rings. The van der Waals surface area contributed by atoms with E-state index in [4.69, 9.17) is 4.74 Å². The number of halogens is 1. The van der Waals surface area contributed by atoms with Crippen molar-refractivity contribution in [2.45, 2.75) is 26.1 Å². The Bertz CT molecular complexity index is 383. The number of nitrogens with zero attached hydrogens (tertiary/aromatic N) is 1. The van der Waals surface area contributed by atoms with Crippen LogP contribution in [-0.4, -0.2) is 36.1 Å². The van der Waals surface area contributed by atoms with Gasteiger partial charge in [0.05, 0.1) is 20.7 Å². The zero-order valence-corrected chi connectivity index (χ0v) is 12.2. The first kappa shape index (κ1) is 12.3. The lowest BCUT2D eigenvalue weighted by Crippen LogP contribution is -2.48. The Morgan fingerprint density at radius 1 is 1.50 bits per heavy atom. The summed E-state index contributed by atoms with van der Waals surface area (Å²) in [5, 5.41) is 1.93. The molecule has 2 atom stereocenters. The summed E-state index contributed by atoms with van der Waals surface area (Å²) in [6.07, 6.45) is 0.260. The highest BCUT2D eigenvalue weighted by atomic mass is 127. The van der Waals surface area contributed by atoms with E-state index in [9.17, 15) is 4.79 Å². The highest BCUT2D eigenvalue weighted by molar-refractivity contribution is 14.1. The smallest absolute Gasteiger partial charge is 0.254 e. The van der Waals surface area contributed by atoms with Crippen LogP contribution in [0.25, 0.3) is 0 Å². The molecular formula is C11H14INO2S. The Balaban J connectivity index is 2.09. The molecule has 1 fully saturated rings. The minimum atomic E-state index is 0.126. The minimum absolute atomic E-state index is 0.126. The second-order valence-corrected chi connectivity index (χ2v) is 6.91. The maximum atomic E-state index is 12.2. The predicted octanol–water partition coefficient (Wildman–Crippen LogP) is 2.60. The molecule has 5 heteroatoms. The summed E-state index contributed by atoms with van der Waals surface area (Å²) in [5.74, 6) is 0.126. The van der Waals surface area contributed by atoms with Crippen molar-refractivity contribution in [3.63, 3.8) is 0 Å². The normalized spacial score (nSPS) is 25.8. The topological polar surface area (TPSA) is 29.5 Å². The number of rotatable bonds is 1. The van der Waals surface area contributed by atoms with Gasteiger partial charge in [-0.25, -0.2) is 0 Å². The van der Waals surface area contributed by atoms with E-state index in [0.717, 1.165) is 8.45 Å². The molecule has 0 radical (unpaired) electrons. The fraction of sp³-hybridized carbons (Fsp3) is 0.545. The standard InChI is InChI=1S/C11H14INO2S/c1-7-4-13(5-8(2)15-7)11(14)9-3-10(12)16-6-9/h3,6-8H,4-5H2,1-2H3. The van der Waals surface area contributed by atoms with Gasteiger partial charge in [-0.3, -0.25) is 4.79 Å². The van der Waals surface area contributed by atoms with E-state index in [1.54, 1.807) is 11.3 Å². The largest absolute Gasteiger partial charge is 0.372 e. The lowest BCUT2D eigenvalue weighted by molar-refractivity contribution is -0.0586. The molecule has 0 aliphatic carbocycles. The van der Waals surface area contributed by atoms with Gasteiger partial charge >= 0.3 is 0 Å². The van der Waals surface area contributed by atoms with Crippen molar-refractivity contribution in [1.29, 1.82) is 0 Å². The molecular weight excluding hydrogens is 337 g/mol. The predicted molar refractivity (Wildman–Crippen MR) is 72.9 cm³/mol. The van der Waals surface area contributed by atoms with E-state index in [1.165, 1.54) is 0 Å². The van der Waals surface area contributed by atoms with Gasteiger partial charge < -0.3 is 9.64 Å². The van der Waals surface area contributed by atoms with E-state index >= 15 is 0 Å². The number of morpholine rings is 1. The van der Waals surface area contributed by atoms with E-state index < -0.39 is 0 Å². The van der Waals surface area contributed by atoms with Crippen LogP contribution >= 0.6 is 33.9 Å². The molecule has 0 bridgehead atoms. The van der Waals surface area contributed by atoms with Crippen LogP contribution in [0.15, 0.2) is 11.4 Å². The van der Waals surface area contributed by atoms with Crippen LogP contribution in [0.3, 0.4) is 0 Å². The van der Waals surface area contributed by atoms with Gasteiger partial charge in [-0.15, -0.1) is 11.3 Å². The van der Waals surface area contributed by atoms with E-state index in [-0.39, 0.29) is 18.1 Å². The van der Waals surface area contributed by atoms with Gasteiger partial charge in [0.15, 0.2) is 0 Å². The average Bonchev–Trinajstić information content (AvgIpc) is 2.62. The summed E-state index contributed by atoms with van der Waals surface area (Å²) in [5.41, 5.74) is 0.802. The van der Waals surface area contributed by atoms with Crippen molar-refractivity contribution in [1.82, 2.24) is 4.90 Å². The quantitative estimate of drug-likeness (QED) is 0.728. The van der Waals surface area contributed by atoms with Crippen LogP contribution in [0.1, 0.15) is 24.2 Å². The number of amides is 1.